The summed E-state index contributed by atoms with van der Waals surface area (Å²) >= 11 is 11.8. The van der Waals surface area contributed by atoms with E-state index in [1.165, 1.54) is 17.8 Å². The van der Waals surface area contributed by atoms with Crippen molar-refractivity contribution < 1.29 is 42.5 Å². The Hall–Kier alpha value is -0.0100. The average Bonchev–Trinajstić information content (AvgIpc) is 3.09. The molecule has 0 fully saturated rings. The van der Waals surface area contributed by atoms with Gasteiger partial charge in [0.2, 0.25) is 0 Å². The third-order valence-electron chi connectivity index (χ3n) is 5.28. The number of aromatic nitrogens is 2. The highest BCUT2D eigenvalue weighted by Crippen LogP contribution is 2.47. The second kappa shape index (κ2) is 15.8. The Morgan fingerprint density at radius 1 is 1.28 bits per heavy atom. The minimum absolute atomic E-state index is 0. The molecule has 1 aromatic heterocycles. The summed E-state index contributed by atoms with van der Waals surface area (Å²) in [5, 5.41) is 14.1. The van der Waals surface area contributed by atoms with Gasteiger partial charge in [-0.15, -0.1) is 23.2 Å². The maximum atomic E-state index is 13.7. The van der Waals surface area contributed by atoms with E-state index in [0.717, 1.165) is 36.8 Å². The second-order valence-corrected chi connectivity index (χ2v) is 10.9. The number of rotatable bonds is 17. The largest absolute Gasteiger partial charge is 1.00 e. The zero-order chi connectivity index (χ0) is 23.5. The SMILES string of the molecule is CC[N+](C)(C)CCCCCNP(=O)(OCc1cnc([N+](=O)[O-])n1C)N(CCCl)CCCl.[I-]. The first-order valence-corrected chi connectivity index (χ1v) is 13.1. The molecule has 0 radical (unpaired) electrons. The van der Waals surface area contributed by atoms with Crippen LogP contribution >= 0.6 is 30.9 Å². The molecule has 1 heterocycles. The van der Waals surface area contributed by atoms with Gasteiger partial charge >= 0.3 is 13.6 Å². The Labute approximate surface area is 218 Å². The number of quaternary nitrogens is 1. The Bertz CT molecular complexity index is 734. The monoisotopic (exact) mass is 628 g/mol. The van der Waals surface area contributed by atoms with E-state index in [0.29, 0.717) is 25.3 Å². The number of imidazole rings is 1. The molecule has 0 aromatic carbocycles. The predicted octanol–water partition coefficient (Wildman–Crippen LogP) is 0.593. The lowest BCUT2D eigenvalue weighted by atomic mass is 10.2. The lowest BCUT2D eigenvalue weighted by Gasteiger charge is -2.30. The van der Waals surface area contributed by atoms with Crippen molar-refractivity contribution in [1.82, 2.24) is 19.3 Å². The minimum Gasteiger partial charge on any atom is -1.00 e. The van der Waals surface area contributed by atoms with Gasteiger partial charge in [0.05, 0.1) is 34.2 Å². The van der Waals surface area contributed by atoms with Gasteiger partial charge in [-0.05, 0) is 31.1 Å². The predicted molar refractivity (Wildman–Crippen MR) is 125 cm³/mol. The fraction of sp³-hybridized carbons (Fsp3) is 0.833. The number of alkyl halides is 2. The van der Waals surface area contributed by atoms with Crippen molar-refractivity contribution in [2.24, 2.45) is 7.05 Å². The molecular formula is C18H36Cl2IN6O4P. The first-order chi connectivity index (χ1) is 14.6. The third-order valence-corrected chi connectivity index (χ3v) is 7.86. The topological polar surface area (TPSA) is 103 Å². The van der Waals surface area contributed by atoms with Gasteiger partial charge in [-0.3, -0.25) is 9.09 Å². The van der Waals surface area contributed by atoms with Crippen LogP contribution in [-0.2, 0) is 22.7 Å². The van der Waals surface area contributed by atoms with Gasteiger partial charge in [0.15, 0.2) is 0 Å². The molecule has 188 valence electrons. The van der Waals surface area contributed by atoms with E-state index in [1.54, 1.807) is 4.67 Å². The molecule has 1 N–H and O–H groups in total. The summed E-state index contributed by atoms with van der Waals surface area (Å²) in [7, 11) is 2.49. The molecule has 14 heteroatoms. The van der Waals surface area contributed by atoms with Crippen molar-refractivity contribution in [2.75, 3.05) is 58.6 Å². The molecule has 1 aromatic rings. The summed E-state index contributed by atoms with van der Waals surface area (Å²) in [4.78, 5) is 14.2. The zero-order valence-electron chi connectivity index (χ0n) is 19.3. The number of nitrogens with one attached hydrogen (secondary N) is 1. The summed E-state index contributed by atoms with van der Waals surface area (Å²) in [6, 6.07) is 0. The van der Waals surface area contributed by atoms with Crippen LogP contribution in [0, 0.1) is 10.1 Å². The van der Waals surface area contributed by atoms with Gasteiger partial charge < -0.3 is 38.6 Å². The van der Waals surface area contributed by atoms with E-state index in [4.69, 9.17) is 27.7 Å². The minimum atomic E-state index is -3.45. The first-order valence-electron chi connectivity index (χ1n) is 10.4. The summed E-state index contributed by atoms with van der Waals surface area (Å²) in [5.74, 6) is 0.244. The van der Waals surface area contributed by atoms with Gasteiger partial charge in [0.1, 0.15) is 18.5 Å². The molecule has 0 saturated carbocycles. The molecule has 10 nitrogen and oxygen atoms in total. The highest BCUT2D eigenvalue weighted by Gasteiger charge is 2.32. The van der Waals surface area contributed by atoms with Crippen LogP contribution < -0.4 is 29.1 Å². The third kappa shape index (κ3) is 10.5. The molecule has 0 aliphatic rings. The average molecular weight is 629 g/mol. The Morgan fingerprint density at radius 2 is 1.91 bits per heavy atom. The summed E-state index contributed by atoms with van der Waals surface area (Å²) in [5.41, 5.74) is 0.449. The van der Waals surface area contributed by atoms with Crippen LogP contribution in [0.5, 0.6) is 0 Å². The maximum Gasteiger partial charge on any atom is 0.434 e. The number of hydrogen-bond acceptors (Lipinski definition) is 5. The van der Waals surface area contributed by atoms with E-state index in [2.05, 4.69) is 31.1 Å². The van der Waals surface area contributed by atoms with Crippen LogP contribution in [0.1, 0.15) is 31.9 Å². The molecule has 1 unspecified atom stereocenters. The molecule has 32 heavy (non-hydrogen) atoms. The van der Waals surface area contributed by atoms with Crippen molar-refractivity contribution in [3.63, 3.8) is 0 Å². The molecule has 1 atom stereocenters. The second-order valence-electron chi connectivity index (χ2n) is 7.94. The number of unbranched alkanes of at least 4 members (excludes halogenated alkanes) is 2. The van der Waals surface area contributed by atoms with Crippen LogP contribution in [0.25, 0.3) is 0 Å². The fourth-order valence-electron chi connectivity index (χ4n) is 2.91. The summed E-state index contributed by atoms with van der Waals surface area (Å²) in [6.45, 7) is 5.45. The lowest BCUT2D eigenvalue weighted by molar-refractivity contribution is -0.888. The van der Waals surface area contributed by atoms with E-state index in [-0.39, 0.29) is 48.3 Å². The normalized spacial score (nSPS) is 13.7. The van der Waals surface area contributed by atoms with Crippen LogP contribution in [0.15, 0.2) is 6.20 Å². The van der Waals surface area contributed by atoms with Crippen LogP contribution in [0.2, 0.25) is 0 Å². The van der Waals surface area contributed by atoms with Gasteiger partial charge in [0, 0.05) is 31.4 Å². The molecule has 0 saturated heterocycles. The highest BCUT2D eigenvalue weighted by molar-refractivity contribution is 7.54. The van der Waals surface area contributed by atoms with Crippen LogP contribution in [0.3, 0.4) is 0 Å². The number of halogens is 3. The zero-order valence-corrected chi connectivity index (χ0v) is 23.9. The van der Waals surface area contributed by atoms with Crippen molar-refractivity contribution in [1.29, 1.82) is 0 Å². The smallest absolute Gasteiger partial charge is 0.434 e. The van der Waals surface area contributed by atoms with E-state index in [9.17, 15) is 14.7 Å². The number of nitrogens with zero attached hydrogens (tertiary/aromatic N) is 5. The maximum absolute atomic E-state index is 13.7. The molecule has 0 bridgehead atoms. The number of nitro groups is 1. The Balaban J connectivity index is 0.00000961. The highest BCUT2D eigenvalue weighted by atomic mass is 127. The van der Waals surface area contributed by atoms with Crippen molar-refractivity contribution in [3.05, 3.63) is 22.0 Å². The van der Waals surface area contributed by atoms with Crippen molar-refractivity contribution in [2.45, 2.75) is 32.8 Å². The van der Waals surface area contributed by atoms with E-state index in [1.807, 2.05) is 0 Å². The Morgan fingerprint density at radius 3 is 2.41 bits per heavy atom. The summed E-state index contributed by atoms with van der Waals surface area (Å²) < 4.78 is 23.4. The summed E-state index contributed by atoms with van der Waals surface area (Å²) in [6.07, 6.45) is 4.29. The molecule has 0 aliphatic heterocycles. The lowest BCUT2D eigenvalue weighted by Crippen LogP contribution is -3.00. The van der Waals surface area contributed by atoms with Gasteiger partial charge in [0.25, 0.3) is 0 Å². The number of hydrogen-bond donors (Lipinski definition) is 1. The van der Waals surface area contributed by atoms with Gasteiger partial charge in [-0.25, -0.2) is 14.3 Å². The van der Waals surface area contributed by atoms with E-state index >= 15 is 0 Å². The molecule has 1 rings (SSSR count). The van der Waals surface area contributed by atoms with Gasteiger partial charge in [-0.2, -0.15) is 0 Å². The van der Waals surface area contributed by atoms with Crippen LogP contribution in [0.4, 0.5) is 5.95 Å². The first kappa shape index (κ1) is 32.0. The molecule has 0 spiro atoms. The Kier molecular flexibility index (Phi) is 15.8. The van der Waals surface area contributed by atoms with E-state index < -0.39 is 12.6 Å². The molecule has 0 aliphatic carbocycles. The molecule has 0 amide bonds. The van der Waals surface area contributed by atoms with Crippen molar-refractivity contribution in [3.8, 4) is 0 Å². The fourth-order valence-corrected chi connectivity index (χ4v) is 5.48. The van der Waals surface area contributed by atoms with Crippen molar-refractivity contribution >= 4 is 36.8 Å². The van der Waals surface area contributed by atoms with Gasteiger partial charge in [-0.1, -0.05) is 4.98 Å². The standard InChI is InChI=1S/C18H36Cl2N6O4P.HI/c1-5-26(3,4)14-8-6-7-11-22-31(29,24(12-9-19)13-10-20)30-16-17-15-21-18(23(17)2)25(27)28;/h15H,5-14,16H2,1-4H3,(H,22,29);1H/q+1;/p-1. The molecular weight excluding hydrogens is 593 g/mol. The quantitative estimate of drug-likeness (QED) is 0.0513. The van der Waals surface area contributed by atoms with Crippen LogP contribution in [-0.4, -0.2) is 82.2 Å².